The standard InChI is InChI=1S/C24H31N3O6/c1-24(2,3)33-23(30)25-13-12-21(28)26-15-17-8-6-7-9-18(17)27-22(29)16-10-11-19(31-4)20(14-16)32-5/h6-11,14H,12-13,15H2,1-5H3,(H,25,30)(H,26,28)(H,27,29). The monoisotopic (exact) mass is 457 g/mol. The van der Waals surface area contributed by atoms with Crippen molar-refractivity contribution >= 4 is 23.6 Å². The topological polar surface area (TPSA) is 115 Å². The number of para-hydroxylation sites is 1. The minimum absolute atomic E-state index is 0.0966. The van der Waals surface area contributed by atoms with Gasteiger partial charge in [-0.1, -0.05) is 18.2 Å². The second kappa shape index (κ2) is 11.8. The first-order chi connectivity index (χ1) is 15.6. The molecule has 0 unspecified atom stereocenters. The molecule has 0 heterocycles. The Balaban J connectivity index is 1.92. The van der Waals surface area contributed by atoms with Crippen LogP contribution in [0.25, 0.3) is 0 Å². The highest BCUT2D eigenvalue weighted by atomic mass is 16.6. The van der Waals surface area contributed by atoms with Gasteiger partial charge in [0.05, 0.1) is 14.2 Å². The van der Waals surface area contributed by atoms with Crippen molar-refractivity contribution < 1.29 is 28.6 Å². The lowest BCUT2D eigenvalue weighted by molar-refractivity contribution is -0.121. The van der Waals surface area contributed by atoms with Crippen molar-refractivity contribution in [2.75, 3.05) is 26.1 Å². The third kappa shape index (κ3) is 8.36. The maximum atomic E-state index is 12.7. The number of anilines is 1. The van der Waals surface area contributed by atoms with E-state index >= 15 is 0 Å². The molecular formula is C24H31N3O6. The fourth-order valence-corrected chi connectivity index (χ4v) is 2.84. The molecule has 2 rings (SSSR count). The van der Waals surface area contributed by atoms with Gasteiger partial charge < -0.3 is 30.2 Å². The third-order valence-corrected chi connectivity index (χ3v) is 4.41. The molecule has 0 spiro atoms. The molecule has 0 aliphatic rings. The van der Waals surface area contributed by atoms with Gasteiger partial charge in [0.25, 0.3) is 5.91 Å². The molecule has 2 aromatic rings. The minimum Gasteiger partial charge on any atom is -0.493 e. The van der Waals surface area contributed by atoms with Crippen molar-refractivity contribution in [3.8, 4) is 11.5 Å². The molecular weight excluding hydrogens is 426 g/mol. The molecule has 0 aliphatic carbocycles. The molecule has 33 heavy (non-hydrogen) atoms. The van der Waals surface area contributed by atoms with Gasteiger partial charge in [0.1, 0.15) is 5.60 Å². The predicted molar refractivity (Wildman–Crippen MR) is 125 cm³/mol. The first kappa shape index (κ1) is 25.5. The van der Waals surface area contributed by atoms with Crippen LogP contribution in [0.5, 0.6) is 11.5 Å². The molecule has 3 amide bonds. The van der Waals surface area contributed by atoms with E-state index in [1.54, 1.807) is 51.1 Å². The van der Waals surface area contributed by atoms with Crippen LogP contribution in [0, 0.1) is 0 Å². The Kier molecular flexibility index (Phi) is 9.08. The fourth-order valence-electron chi connectivity index (χ4n) is 2.84. The minimum atomic E-state index is -0.600. The molecule has 0 bridgehead atoms. The van der Waals surface area contributed by atoms with E-state index in [0.29, 0.717) is 22.7 Å². The van der Waals surface area contributed by atoms with E-state index in [-0.39, 0.29) is 31.3 Å². The Labute approximate surface area is 193 Å². The number of benzene rings is 2. The molecule has 0 atom stereocenters. The van der Waals surface area contributed by atoms with Crippen LogP contribution in [0.15, 0.2) is 42.5 Å². The summed E-state index contributed by atoms with van der Waals surface area (Å²) in [5.41, 5.74) is 1.11. The highest BCUT2D eigenvalue weighted by Crippen LogP contribution is 2.28. The van der Waals surface area contributed by atoms with Crippen molar-refractivity contribution in [2.24, 2.45) is 0 Å². The van der Waals surface area contributed by atoms with E-state index in [2.05, 4.69) is 16.0 Å². The lowest BCUT2D eigenvalue weighted by atomic mass is 10.1. The number of carbonyl (C=O) groups excluding carboxylic acids is 3. The Bertz CT molecular complexity index is 984. The van der Waals surface area contributed by atoms with Crippen molar-refractivity contribution in [3.63, 3.8) is 0 Å². The Morgan fingerprint density at radius 3 is 2.27 bits per heavy atom. The van der Waals surface area contributed by atoms with E-state index in [0.717, 1.165) is 5.56 Å². The molecule has 9 heteroatoms. The number of carbonyl (C=O) groups is 3. The number of hydrogen-bond donors (Lipinski definition) is 3. The maximum absolute atomic E-state index is 12.7. The van der Waals surface area contributed by atoms with Gasteiger partial charge in [0, 0.05) is 30.8 Å². The summed E-state index contributed by atoms with van der Waals surface area (Å²) in [4.78, 5) is 36.5. The molecule has 178 valence electrons. The Hall–Kier alpha value is -3.75. The van der Waals surface area contributed by atoms with Gasteiger partial charge in [-0.2, -0.15) is 0 Å². The third-order valence-electron chi connectivity index (χ3n) is 4.41. The highest BCUT2D eigenvalue weighted by molar-refractivity contribution is 6.05. The summed E-state index contributed by atoms with van der Waals surface area (Å²) < 4.78 is 15.6. The number of methoxy groups -OCH3 is 2. The van der Waals surface area contributed by atoms with Crippen molar-refractivity contribution in [1.29, 1.82) is 0 Å². The first-order valence-electron chi connectivity index (χ1n) is 10.5. The summed E-state index contributed by atoms with van der Waals surface area (Å²) in [6.45, 7) is 5.66. The zero-order valence-electron chi connectivity index (χ0n) is 19.6. The Morgan fingerprint density at radius 2 is 1.61 bits per heavy atom. The van der Waals surface area contributed by atoms with Crippen LogP contribution in [-0.2, 0) is 16.1 Å². The fraction of sp³-hybridized carbons (Fsp3) is 0.375. The van der Waals surface area contributed by atoms with Crippen LogP contribution in [0.3, 0.4) is 0 Å². The average Bonchev–Trinajstić information content (AvgIpc) is 2.76. The van der Waals surface area contributed by atoms with Crippen LogP contribution in [0.4, 0.5) is 10.5 Å². The summed E-state index contributed by atoms with van der Waals surface area (Å²) in [5, 5.41) is 8.19. The van der Waals surface area contributed by atoms with Gasteiger partial charge in [0.15, 0.2) is 11.5 Å². The van der Waals surface area contributed by atoms with Crippen LogP contribution in [0.1, 0.15) is 43.1 Å². The van der Waals surface area contributed by atoms with Crippen molar-refractivity contribution in [1.82, 2.24) is 10.6 Å². The first-order valence-corrected chi connectivity index (χ1v) is 10.5. The highest BCUT2D eigenvalue weighted by Gasteiger charge is 2.16. The SMILES string of the molecule is COc1ccc(C(=O)Nc2ccccc2CNC(=O)CCNC(=O)OC(C)(C)C)cc1OC. The molecule has 0 radical (unpaired) electrons. The number of nitrogens with one attached hydrogen (secondary N) is 3. The van der Waals surface area contributed by atoms with E-state index < -0.39 is 11.7 Å². The normalized spacial score (nSPS) is 10.7. The predicted octanol–water partition coefficient (Wildman–Crippen LogP) is 3.49. The van der Waals surface area contributed by atoms with E-state index in [1.807, 2.05) is 12.1 Å². The average molecular weight is 458 g/mol. The summed E-state index contributed by atoms with van der Waals surface area (Å²) in [6, 6.07) is 12.1. The molecule has 0 saturated carbocycles. The van der Waals surface area contributed by atoms with Crippen molar-refractivity contribution in [2.45, 2.75) is 39.3 Å². The zero-order valence-corrected chi connectivity index (χ0v) is 19.6. The van der Waals surface area contributed by atoms with Gasteiger partial charge in [-0.25, -0.2) is 4.79 Å². The van der Waals surface area contributed by atoms with Crippen LogP contribution >= 0.6 is 0 Å². The van der Waals surface area contributed by atoms with Gasteiger partial charge >= 0.3 is 6.09 Å². The molecule has 0 saturated heterocycles. The molecule has 0 fully saturated rings. The maximum Gasteiger partial charge on any atom is 0.407 e. The Morgan fingerprint density at radius 1 is 0.909 bits per heavy atom. The number of rotatable bonds is 9. The molecule has 9 nitrogen and oxygen atoms in total. The molecule has 2 aromatic carbocycles. The number of ether oxygens (including phenoxy) is 3. The summed E-state index contributed by atoms with van der Waals surface area (Å²) in [7, 11) is 3.02. The second-order valence-corrected chi connectivity index (χ2v) is 8.14. The lowest BCUT2D eigenvalue weighted by Gasteiger charge is -2.19. The second-order valence-electron chi connectivity index (χ2n) is 8.14. The van der Waals surface area contributed by atoms with Gasteiger partial charge in [-0.15, -0.1) is 0 Å². The van der Waals surface area contributed by atoms with E-state index in [4.69, 9.17) is 14.2 Å². The largest absolute Gasteiger partial charge is 0.493 e. The van der Waals surface area contributed by atoms with Crippen molar-refractivity contribution in [3.05, 3.63) is 53.6 Å². The van der Waals surface area contributed by atoms with Crippen LogP contribution < -0.4 is 25.4 Å². The smallest absolute Gasteiger partial charge is 0.407 e. The lowest BCUT2D eigenvalue weighted by Crippen LogP contribution is -2.35. The zero-order chi connectivity index (χ0) is 24.4. The number of alkyl carbamates (subject to hydrolysis) is 1. The van der Waals surface area contributed by atoms with Crippen LogP contribution in [-0.4, -0.2) is 44.3 Å². The number of amides is 3. The summed E-state index contributed by atoms with van der Waals surface area (Å²) >= 11 is 0. The molecule has 0 aliphatic heterocycles. The number of hydrogen-bond acceptors (Lipinski definition) is 6. The van der Waals surface area contributed by atoms with E-state index in [1.165, 1.54) is 14.2 Å². The van der Waals surface area contributed by atoms with Gasteiger partial charge in [-0.3, -0.25) is 9.59 Å². The van der Waals surface area contributed by atoms with Gasteiger partial charge in [0.2, 0.25) is 5.91 Å². The summed E-state index contributed by atoms with van der Waals surface area (Å²) in [5.74, 6) is 0.410. The van der Waals surface area contributed by atoms with Crippen LogP contribution in [0.2, 0.25) is 0 Å². The molecule has 3 N–H and O–H groups in total. The quantitative estimate of drug-likeness (QED) is 0.531. The van der Waals surface area contributed by atoms with Gasteiger partial charge in [-0.05, 0) is 50.6 Å². The summed E-state index contributed by atoms with van der Waals surface area (Å²) in [6.07, 6.45) is -0.474. The van der Waals surface area contributed by atoms with E-state index in [9.17, 15) is 14.4 Å². The molecule has 0 aromatic heterocycles.